The van der Waals surface area contributed by atoms with Crippen molar-refractivity contribution in [3.05, 3.63) is 69.4 Å². The second kappa shape index (κ2) is 9.89. The predicted molar refractivity (Wildman–Crippen MR) is 128 cm³/mol. The Morgan fingerprint density at radius 2 is 2.06 bits per heavy atom. The number of amides is 1. The quantitative estimate of drug-likeness (QED) is 0.443. The number of rotatable bonds is 9. The molecule has 2 aromatic rings. The molecule has 1 aromatic carbocycles. The number of ketones is 1. The molecule has 2 aliphatic heterocycles. The van der Waals surface area contributed by atoms with Crippen molar-refractivity contribution in [2.45, 2.75) is 32.7 Å². The number of carbonyl (C=O) groups excluding carboxylic acids is 2. The minimum atomic E-state index is -0.693. The van der Waals surface area contributed by atoms with E-state index in [1.807, 2.05) is 31.2 Å². The molecule has 1 N–H and O–H groups in total. The van der Waals surface area contributed by atoms with Gasteiger partial charge in [-0.1, -0.05) is 24.8 Å². The Bertz CT molecular complexity index is 1100. The van der Waals surface area contributed by atoms with E-state index in [4.69, 9.17) is 4.74 Å². The van der Waals surface area contributed by atoms with E-state index in [9.17, 15) is 14.7 Å². The van der Waals surface area contributed by atoms with Gasteiger partial charge >= 0.3 is 0 Å². The molecule has 0 spiro atoms. The van der Waals surface area contributed by atoms with Crippen LogP contribution in [0.25, 0.3) is 0 Å². The van der Waals surface area contributed by atoms with Crippen LogP contribution in [0.4, 0.5) is 0 Å². The van der Waals surface area contributed by atoms with Crippen LogP contribution >= 0.6 is 11.3 Å². The van der Waals surface area contributed by atoms with E-state index in [1.54, 1.807) is 17.9 Å². The largest absolute Gasteiger partial charge is 0.503 e. The van der Waals surface area contributed by atoms with Gasteiger partial charge in [0.15, 0.2) is 5.76 Å². The molecule has 1 atom stereocenters. The molecule has 0 aliphatic carbocycles. The topological polar surface area (TPSA) is 83.0 Å². The predicted octanol–water partition coefficient (Wildman–Crippen LogP) is 4.00. The summed E-state index contributed by atoms with van der Waals surface area (Å²) in [5, 5.41) is 11.7. The van der Waals surface area contributed by atoms with Gasteiger partial charge in [0.25, 0.3) is 5.91 Å². The van der Waals surface area contributed by atoms with Crippen molar-refractivity contribution in [3.8, 4) is 5.75 Å². The van der Waals surface area contributed by atoms with E-state index in [0.717, 1.165) is 36.5 Å². The number of aromatic nitrogens is 1. The summed E-state index contributed by atoms with van der Waals surface area (Å²) in [6, 6.07) is 6.64. The number of thiazole rings is 1. The van der Waals surface area contributed by atoms with Gasteiger partial charge < -0.3 is 19.6 Å². The number of ether oxygens (including phenoxy) is 1. The molecule has 1 unspecified atom stereocenters. The number of hydrogen-bond acceptors (Lipinski definition) is 7. The SMILES string of the molecule is C=CCOc1cccc(C2C(C(=O)c3sc(C)nc3C)=C(O)C(=O)N2CCN2CCCC2)c1. The van der Waals surface area contributed by atoms with Crippen LogP contribution in [0.5, 0.6) is 5.75 Å². The molecule has 0 bridgehead atoms. The molecule has 174 valence electrons. The molecule has 8 heteroatoms. The first-order valence-corrected chi connectivity index (χ1v) is 12.0. The summed E-state index contributed by atoms with van der Waals surface area (Å²) in [6.07, 6.45) is 3.96. The molecule has 4 rings (SSSR count). The zero-order valence-corrected chi connectivity index (χ0v) is 19.9. The van der Waals surface area contributed by atoms with Crippen molar-refractivity contribution in [1.82, 2.24) is 14.8 Å². The summed E-state index contributed by atoms with van der Waals surface area (Å²) in [4.78, 5) is 35.5. The van der Waals surface area contributed by atoms with Gasteiger partial charge in [0.05, 0.1) is 27.2 Å². The monoisotopic (exact) mass is 467 g/mol. The first kappa shape index (κ1) is 23.2. The third-order valence-electron chi connectivity index (χ3n) is 6.06. The Morgan fingerprint density at radius 1 is 1.30 bits per heavy atom. The minimum Gasteiger partial charge on any atom is -0.503 e. The number of aliphatic hydroxyl groups excluding tert-OH is 1. The van der Waals surface area contributed by atoms with Crippen LogP contribution in [-0.2, 0) is 4.79 Å². The number of nitrogens with zero attached hydrogens (tertiary/aromatic N) is 3. The summed E-state index contributed by atoms with van der Waals surface area (Å²) >= 11 is 1.28. The fourth-order valence-corrected chi connectivity index (χ4v) is 5.39. The van der Waals surface area contributed by atoms with Crippen LogP contribution < -0.4 is 4.74 Å². The van der Waals surface area contributed by atoms with Crippen molar-refractivity contribution in [2.24, 2.45) is 0 Å². The number of aliphatic hydroxyl groups is 1. The molecular weight excluding hydrogens is 438 g/mol. The van der Waals surface area contributed by atoms with Crippen LogP contribution in [0.2, 0.25) is 0 Å². The minimum absolute atomic E-state index is 0.106. The summed E-state index contributed by atoms with van der Waals surface area (Å²) in [5.74, 6) is -0.731. The zero-order chi connectivity index (χ0) is 23.5. The van der Waals surface area contributed by atoms with Gasteiger partial charge in [-0.15, -0.1) is 11.3 Å². The highest BCUT2D eigenvalue weighted by atomic mass is 32.1. The molecular formula is C25H29N3O4S. The van der Waals surface area contributed by atoms with E-state index >= 15 is 0 Å². The molecule has 7 nitrogen and oxygen atoms in total. The van der Waals surface area contributed by atoms with Gasteiger partial charge in [-0.25, -0.2) is 4.98 Å². The molecule has 0 saturated carbocycles. The molecule has 1 amide bonds. The normalized spacial score (nSPS) is 18.9. The third kappa shape index (κ3) is 4.72. The smallest absolute Gasteiger partial charge is 0.290 e. The molecule has 1 saturated heterocycles. The highest BCUT2D eigenvalue weighted by Crippen LogP contribution is 2.40. The van der Waals surface area contributed by atoms with Gasteiger partial charge in [-0.2, -0.15) is 0 Å². The fourth-order valence-electron chi connectivity index (χ4n) is 4.51. The Labute approximate surface area is 198 Å². The Hall–Kier alpha value is -2.97. The second-order valence-corrected chi connectivity index (χ2v) is 9.56. The van der Waals surface area contributed by atoms with Crippen LogP contribution in [0.15, 0.2) is 48.3 Å². The van der Waals surface area contributed by atoms with E-state index in [2.05, 4.69) is 16.5 Å². The van der Waals surface area contributed by atoms with Gasteiger partial charge in [-0.3, -0.25) is 9.59 Å². The maximum Gasteiger partial charge on any atom is 0.290 e. The maximum absolute atomic E-state index is 13.6. The average molecular weight is 468 g/mol. The second-order valence-electron chi connectivity index (χ2n) is 8.36. The summed E-state index contributed by atoms with van der Waals surface area (Å²) < 4.78 is 5.69. The van der Waals surface area contributed by atoms with E-state index in [0.29, 0.717) is 36.0 Å². The Balaban J connectivity index is 1.72. The summed E-state index contributed by atoms with van der Waals surface area (Å²) in [5.41, 5.74) is 1.43. The molecule has 3 heterocycles. The maximum atomic E-state index is 13.6. The summed E-state index contributed by atoms with van der Waals surface area (Å²) in [7, 11) is 0. The number of Topliss-reactive ketones (excluding diaryl/α,β-unsaturated/α-hetero) is 1. The lowest BCUT2D eigenvalue weighted by atomic mass is 9.95. The lowest BCUT2D eigenvalue weighted by Crippen LogP contribution is -2.37. The van der Waals surface area contributed by atoms with Gasteiger partial charge in [0.2, 0.25) is 5.78 Å². The summed E-state index contributed by atoms with van der Waals surface area (Å²) in [6.45, 7) is 10.8. The van der Waals surface area contributed by atoms with Crippen molar-refractivity contribution < 1.29 is 19.4 Å². The van der Waals surface area contributed by atoms with Crippen molar-refractivity contribution >= 4 is 23.0 Å². The first-order chi connectivity index (χ1) is 15.9. The fraction of sp³-hybridized carbons (Fsp3) is 0.400. The van der Waals surface area contributed by atoms with Crippen molar-refractivity contribution in [1.29, 1.82) is 0 Å². The third-order valence-corrected chi connectivity index (χ3v) is 7.13. The highest BCUT2D eigenvalue weighted by molar-refractivity contribution is 7.14. The van der Waals surface area contributed by atoms with Crippen LogP contribution in [0, 0.1) is 13.8 Å². The van der Waals surface area contributed by atoms with Gasteiger partial charge in [-0.05, 0) is 57.5 Å². The lowest BCUT2D eigenvalue weighted by molar-refractivity contribution is -0.129. The van der Waals surface area contributed by atoms with Crippen molar-refractivity contribution in [3.63, 3.8) is 0 Å². The van der Waals surface area contributed by atoms with E-state index in [-0.39, 0.29) is 11.4 Å². The first-order valence-electron chi connectivity index (χ1n) is 11.2. The molecule has 1 aromatic heterocycles. The molecule has 2 aliphatic rings. The Morgan fingerprint density at radius 3 is 2.73 bits per heavy atom. The number of carbonyl (C=O) groups is 2. The molecule has 1 fully saturated rings. The number of benzene rings is 1. The number of hydrogen-bond donors (Lipinski definition) is 1. The van der Waals surface area contributed by atoms with Gasteiger partial charge in [0, 0.05) is 13.1 Å². The van der Waals surface area contributed by atoms with Crippen molar-refractivity contribution in [2.75, 3.05) is 32.8 Å². The molecule has 0 radical (unpaired) electrons. The van der Waals surface area contributed by atoms with Gasteiger partial charge in [0.1, 0.15) is 12.4 Å². The van der Waals surface area contributed by atoms with Crippen LogP contribution in [0.3, 0.4) is 0 Å². The van der Waals surface area contributed by atoms with E-state index < -0.39 is 17.7 Å². The number of aryl methyl sites for hydroxylation is 2. The van der Waals surface area contributed by atoms with Crippen LogP contribution in [0.1, 0.15) is 44.8 Å². The standard InChI is InChI=1S/C25H29N3O4S/c1-4-14-32-19-9-7-8-18(15-19)21-20(22(29)24-16(2)26-17(3)33-24)23(30)25(31)28(21)13-12-27-10-5-6-11-27/h4,7-9,15,21,30H,1,5-6,10-14H2,2-3H3. The highest BCUT2D eigenvalue weighted by Gasteiger charge is 2.44. The Kier molecular flexibility index (Phi) is 6.95. The van der Waals surface area contributed by atoms with Crippen LogP contribution in [-0.4, -0.2) is 64.4 Å². The average Bonchev–Trinajstić information content (AvgIpc) is 3.50. The van der Waals surface area contributed by atoms with E-state index in [1.165, 1.54) is 11.3 Å². The molecule has 33 heavy (non-hydrogen) atoms. The number of likely N-dealkylation sites (tertiary alicyclic amines) is 1. The lowest BCUT2D eigenvalue weighted by Gasteiger charge is -2.29. The zero-order valence-electron chi connectivity index (χ0n) is 19.0.